The van der Waals surface area contributed by atoms with Gasteiger partial charge in [-0.1, -0.05) is 12.1 Å². The fourth-order valence-corrected chi connectivity index (χ4v) is 9.00. The zero-order chi connectivity index (χ0) is 52.5. The van der Waals surface area contributed by atoms with Gasteiger partial charge >= 0.3 is 19.1 Å². The maximum Gasteiger partial charge on any atom is 0.496 e. The number of aromatic carboxylic acids is 1. The lowest BCUT2D eigenvalue weighted by atomic mass is 9.78. The lowest BCUT2D eigenvalue weighted by Crippen LogP contribution is -2.41. The number of pyridine rings is 2. The highest BCUT2D eigenvalue weighted by atomic mass is 79.9. The number of rotatable bonds is 11. The van der Waals surface area contributed by atoms with Crippen molar-refractivity contribution >= 4 is 63.6 Å². The predicted molar refractivity (Wildman–Crippen MR) is 275 cm³/mol. The van der Waals surface area contributed by atoms with Crippen molar-refractivity contribution in [3.63, 3.8) is 0 Å². The normalized spacial score (nSPS) is 14.8. The molecular weight excluding hydrogens is 1020 g/mol. The van der Waals surface area contributed by atoms with Crippen molar-refractivity contribution in [3.8, 4) is 22.6 Å². The average molecular weight is 1070 g/mol. The molecule has 18 nitrogen and oxygen atoms in total. The third-order valence-corrected chi connectivity index (χ3v) is 13.8. The maximum absolute atomic E-state index is 14.5. The molecule has 74 heavy (non-hydrogen) atoms. The molecule has 0 amide bonds. The van der Waals surface area contributed by atoms with Gasteiger partial charge in [-0.3, -0.25) is 18.8 Å². The molecule has 1 saturated heterocycles. The van der Waals surface area contributed by atoms with Crippen molar-refractivity contribution in [2.24, 2.45) is 0 Å². The van der Waals surface area contributed by atoms with E-state index in [1.54, 1.807) is 64.9 Å². The molecule has 382 valence electrons. The number of benzene rings is 2. The molecule has 0 saturated carbocycles. The standard InChI is InChI=1S/C22H18FN5O3.C18H16BrFN4O3.C12H18BNO2/c1-12-13(3-2-7-24-12)16-10-26-22(28-11-18(21(29)30)27-20(16)28)25-9-15-14-6-8-31-19(14)5-4-17(15)23;1-2-26-17(25)14-9-24-16(23-14)12(19)8-22-18(24)21-7-11-10-5-6-27-15(10)4-3-13(11)20;1-9-10(7-6-8-14-9)13-15-11(2,3)12(4,5)16-13/h2-5,7,10-11H,6,8-9H2,1H3,(H,25,26)(H,29,30);3-4,8-9H,2,5-7H2,1H3,(H,21,22);6-8H,1-5H3. The SMILES string of the molecule is CCOC(=O)c1cn2c(NCc3c(F)ccc4c3CCO4)ncc(Br)c2n1.Cc1ncccc1-c1cnc(NCc2c(F)ccc3c2CCO3)n2cc(C(=O)O)nc12.Cc1ncccc1B1OC(C)(C)C(C)(C)O1. The van der Waals surface area contributed by atoms with Gasteiger partial charge in [0, 0.05) is 113 Å². The Bertz CT molecular complexity index is 3430. The van der Waals surface area contributed by atoms with E-state index in [1.807, 2.05) is 32.0 Å². The second-order valence-corrected chi connectivity index (χ2v) is 19.3. The number of fused-ring (bicyclic) bond motifs is 4. The minimum absolute atomic E-state index is 0.112. The van der Waals surface area contributed by atoms with Crippen LogP contribution in [-0.2, 0) is 40.0 Å². The Morgan fingerprint density at radius 3 is 1.85 bits per heavy atom. The molecule has 1 fully saturated rings. The Kier molecular flexibility index (Phi) is 14.7. The number of carboxylic acids is 1. The summed E-state index contributed by atoms with van der Waals surface area (Å²) in [6.07, 6.45) is 10.9. The van der Waals surface area contributed by atoms with E-state index in [0.717, 1.165) is 33.5 Å². The number of hydrogen-bond acceptors (Lipinski definition) is 15. The van der Waals surface area contributed by atoms with E-state index in [9.17, 15) is 23.5 Å². The first-order valence-corrected chi connectivity index (χ1v) is 24.6. The third kappa shape index (κ3) is 10.3. The summed E-state index contributed by atoms with van der Waals surface area (Å²) in [5, 5.41) is 15.7. The first kappa shape index (κ1) is 51.4. The number of nitrogens with one attached hydrogen (secondary N) is 2. The lowest BCUT2D eigenvalue weighted by molar-refractivity contribution is 0.00578. The summed E-state index contributed by atoms with van der Waals surface area (Å²) in [5.41, 5.74) is 7.39. The minimum atomic E-state index is -1.15. The lowest BCUT2D eigenvalue weighted by Gasteiger charge is -2.32. The van der Waals surface area contributed by atoms with E-state index >= 15 is 0 Å². The van der Waals surface area contributed by atoms with E-state index in [1.165, 1.54) is 18.3 Å². The number of carbonyl (C=O) groups is 2. The number of imidazole rings is 2. The van der Waals surface area contributed by atoms with Gasteiger partial charge in [0.1, 0.15) is 28.8 Å². The minimum Gasteiger partial charge on any atom is -0.493 e. The number of carbonyl (C=O) groups excluding carboxylic acids is 1. The molecule has 0 unspecified atom stereocenters. The van der Waals surface area contributed by atoms with Crippen LogP contribution in [-0.4, -0.2) is 93.9 Å². The second-order valence-electron chi connectivity index (χ2n) is 18.4. The van der Waals surface area contributed by atoms with Crippen molar-refractivity contribution in [2.45, 2.75) is 85.6 Å². The number of hydrogen-bond donors (Lipinski definition) is 3. The number of ether oxygens (including phenoxy) is 3. The van der Waals surface area contributed by atoms with E-state index in [-0.39, 0.29) is 61.0 Å². The molecule has 0 bridgehead atoms. The molecular formula is C52H52BBrF2N10O8. The Balaban J connectivity index is 0.000000143. The van der Waals surface area contributed by atoms with Gasteiger partial charge in [0.05, 0.1) is 35.5 Å². The first-order chi connectivity index (χ1) is 35.4. The fraction of sp³-hybridized carbons (Fsp3) is 0.308. The van der Waals surface area contributed by atoms with Gasteiger partial charge in [-0.15, -0.1) is 0 Å². The van der Waals surface area contributed by atoms with Crippen molar-refractivity contribution in [3.05, 3.63) is 147 Å². The second kappa shape index (κ2) is 21.1. The van der Waals surface area contributed by atoms with Crippen LogP contribution in [0.25, 0.3) is 22.4 Å². The largest absolute Gasteiger partial charge is 0.496 e. The zero-order valence-corrected chi connectivity index (χ0v) is 43.2. The topological polar surface area (TPSA) is 211 Å². The number of nitrogens with zero attached hydrogens (tertiary/aromatic N) is 8. The van der Waals surface area contributed by atoms with Crippen molar-refractivity contribution < 1.29 is 47.0 Å². The Morgan fingerprint density at radius 2 is 1.28 bits per heavy atom. The van der Waals surface area contributed by atoms with Gasteiger partial charge in [-0.2, -0.15) is 0 Å². The molecule has 3 N–H and O–H groups in total. The van der Waals surface area contributed by atoms with Gasteiger partial charge in [0.25, 0.3) is 0 Å². The summed E-state index contributed by atoms with van der Waals surface area (Å²) in [5.74, 6) is -0.0756. The average Bonchev–Trinajstić information content (AvgIpc) is 4.23. The van der Waals surface area contributed by atoms with Crippen LogP contribution in [0.5, 0.6) is 11.5 Å². The highest BCUT2D eigenvalue weighted by Gasteiger charge is 2.52. The van der Waals surface area contributed by atoms with E-state index in [4.69, 9.17) is 23.5 Å². The van der Waals surface area contributed by atoms with E-state index < -0.39 is 11.9 Å². The predicted octanol–water partition coefficient (Wildman–Crippen LogP) is 8.53. The number of aromatic nitrogens is 8. The molecule has 22 heteroatoms. The van der Waals surface area contributed by atoms with Crippen molar-refractivity contribution in [2.75, 3.05) is 30.5 Å². The number of carboxylic acid groups (broad SMARTS) is 1. The Hall–Kier alpha value is -7.56. The van der Waals surface area contributed by atoms with Crippen LogP contribution in [0, 0.1) is 25.5 Å². The van der Waals surface area contributed by atoms with Crippen LogP contribution in [0.15, 0.2) is 90.2 Å². The molecule has 11 rings (SSSR count). The number of esters is 1. The van der Waals surface area contributed by atoms with Gasteiger partial charge in [-0.05, 0) is 101 Å². The summed E-state index contributed by atoms with van der Waals surface area (Å²) in [4.78, 5) is 49.4. The van der Waals surface area contributed by atoms with Crippen LogP contribution in [0.2, 0.25) is 0 Å². The van der Waals surface area contributed by atoms with E-state index in [0.29, 0.717) is 81.9 Å². The molecule has 9 heterocycles. The zero-order valence-electron chi connectivity index (χ0n) is 41.6. The number of halogens is 3. The van der Waals surface area contributed by atoms with Gasteiger partial charge < -0.3 is 39.3 Å². The van der Waals surface area contributed by atoms with Crippen LogP contribution < -0.4 is 25.6 Å². The van der Waals surface area contributed by atoms with Crippen molar-refractivity contribution in [1.29, 1.82) is 0 Å². The molecule has 0 atom stereocenters. The van der Waals surface area contributed by atoms with E-state index in [2.05, 4.69) is 84.2 Å². The third-order valence-electron chi connectivity index (χ3n) is 13.2. The Morgan fingerprint density at radius 1 is 0.743 bits per heavy atom. The summed E-state index contributed by atoms with van der Waals surface area (Å²) in [6.45, 7) is 15.5. The quantitative estimate of drug-likeness (QED) is 0.0818. The van der Waals surface area contributed by atoms with Gasteiger partial charge in [0.15, 0.2) is 17.0 Å². The smallest absolute Gasteiger partial charge is 0.493 e. The molecule has 0 radical (unpaired) electrons. The maximum atomic E-state index is 14.5. The van der Waals surface area contributed by atoms with Gasteiger partial charge in [-0.25, -0.2) is 38.3 Å². The van der Waals surface area contributed by atoms with Crippen LogP contribution in [0.1, 0.15) is 89.2 Å². The summed E-state index contributed by atoms with van der Waals surface area (Å²) < 4.78 is 60.6. The monoisotopic (exact) mass is 1070 g/mol. The van der Waals surface area contributed by atoms with Gasteiger partial charge in [0.2, 0.25) is 11.9 Å². The van der Waals surface area contributed by atoms with Crippen molar-refractivity contribution in [1.82, 2.24) is 38.7 Å². The van der Waals surface area contributed by atoms with Crippen LogP contribution in [0.3, 0.4) is 0 Å². The first-order valence-electron chi connectivity index (χ1n) is 23.8. The molecule has 3 aliphatic heterocycles. The Labute approximate surface area is 433 Å². The highest BCUT2D eigenvalue weighted by Crippen LogP contribution is 2.37. The van der Waals surface area contributed by atoms with Crippen LogP contribution in [0.4, 0.5) is 20.7 Å². The molecule has 0 aliphatic carbocycles. The highest BCUT2D eigenvalue weighted by molar-refractivity contribution is 9.10. The molecule has 2 aromatic carbocycles. The molecule has 8 aromatic rings. The summed E-state index contributed by atoms with van der Waals surface area (Å²) >= 11 is 3.38. The fourth-order valence-electron chi connectivity index (χ4n) is 8.62. The number of aryl methyl sites for hydroxylation is 2. The number of anilines is 2. The molecule has 0 spiro atoms. The van der Waals surface area contributed by atoms with Crippen LogP contribution >= 0.6 is 15.9 Å². The summed E-state index contributed by atoms with van der Waals surface area (Å²) in [7, 11) is -0.307. The molecule has 6 aromatic heterocycles. The summed E-state index contributed by atoms with van der Waals surface area (Å²) in [6, 6.07) is 13.7. The molecule has 3 aliphatic rings.